The summed E-state index contributed by atoms with van der Waals surface area (Å²) in [5.41, 5.74) is 2.01. The number of benzene rings is 2. The lowest BCUT2D eigenvalue weighted by atomic mass is 10.2. The summed E-state index contributed by atoms with van der Waals surface area (Å²) in [4.78, 5) is 8.79. The Morgan fingerprint density at radius 2 is 1.67 bits per heavy atom. The molecule has 0 radical (unpaired) electrons. The Morgan fingerprint density at radius 3 is 2.33 bits per heavy atom. The highest BCUT2D eigenvalue weighted by atomic mass is 32.2. The molecule has 1 heterocycles. The third-order valence-electron chi connectivity index (χ3n) is 2.88. The third kappa shape index (κ3) is 3.20. The Balaban J connectivity index is 1.91. The second-order valence-corrected chi connectivity index (χ2v) is 5.09. The van der Waals surface area contributed by atoms with Crippen molar-refractivity contribution in [2.24, 2.45) is 4.99 Å². The monoisotopic (exact) mass is 294 g/mol. The largest absolute Gasteiger partial charge is 0.269 e. The van der Waals surface area contributed by atoms with E-state index in [-0.39, 0.29) is 0 Å². The Bertz CT molecular complexity index is 735. The van der Waals surface area contributed by atoms with Crippen molar-refractivity contribution in [2.75, 3.05) is 6.26 Å². The molecule has 3 aromatic rings. The zero-order chi connectivity index (χ0) is 14.5. The molecule has 0 N–H and O–H groups in total. The molecule has 0 saturated carbocycles. The van der Waals surface area contributed by atoms with Crippen molar-refractivity contribution in [3.05, 3.63) is 66.2 Å². The van der Waals surface area contributed by atoms with Gasteiger partial charge in [0.2, 0.25) is 0 Å². The van der Waals surface area contributed by atoms with E-state index in [1.807, 2.05) is 71.6 Å². The van der Waals surface area contributed by atoms with E-state index in [9.17, 15) is 0 Å². The van der Waals surface area contributed by atoms with E-state index >= 15 is 0 Å². The Morgan fingerprint density at radius 1 is 1.00 bits per heavy atom. The Labute approximate surface area is 127 Å². The molecule has 0 saturated heterocycles. The summed E-state index contributed by atoms with van der Waals surface area (Å²) in [6, 6.07) is 19.9. The van der Waals surface area contributed by atoms with Crippen LogP contribution in [0.5, 0.6) is 0 Å². The molecule has 0 fully saturated rings. The molecule has 0 unspecified atom stereocenters. The van der Waals surface area contributed by atoms with Crippen molar-refractivity contribution < 1.29 is 0 Å². The van der Waals surface area contributed by atoms with E-state index in [1.165, 1.54) is 0 Å². The summed E-state index contributed by atoms with van der Waals surface area (Å²) in [7, 11) is 0. The lowest BCUT2D eigenvalue weighted by molar-refractivity contribution is 0.787. The Kier molecular flexibility index (Phi) is 4.12. The molecule has 0 aliphatic heterocycles. The smallest absolute Gasteiger partial charge is 0.218 e. The van der Waals surface area contributed by atoms with Crippen molar-refractivity contribution >= 4 is 23.9 Å². The van der Waals surface area contributed by atoms with Gasteiger partial charge in [0.25, 0.3) is 5.95 Å². The molecule has 104 valence electrons. The van der Waals surface area contributed by atoms with Crippen molar-refractivity contribution in [3.63, 3.8) is 0 Å². The van der Waals surface area contributed by atoms with Gasteiger partial charge in [-0.25, -0.2) is 9.67 Å². The van der Waals surface area contributed by atoms with Crippen LogP contribution in [0.2, 0.25) is 0 Å². The lowest BCUT2D eigenvalue weighted by Crippen LogP contribution is -1.97. The number of aromatic nitrogens is 3. The quantitative estimate of drug-likeness (QED) is 0.544. The summed E-state index contributed by atoms with van der Waals surface area (Å²) in [6.07, 6.45) is 3.75. The first-order valence-electron chi connectivity index (χ1n) is 6.52. The summed E-state index contributed by atoms with van der Waals surface area (Å²) in [5, 5.41) is 5.27. The van der Waals surface area contributed by atoms with Gasteiger partial charge in [-0.05, 0) is 24.0 Å². The molecule has 21 heavy (non-hydrogen) atoms. The van der Waals surface area contributed by atoms with Gasteiger partial charge in [-0.3, -0.25) is 0 Å². The maximum atomic E-state index is 4.45. The van der Waals surface area contributed by atoms with E-state index in [2.05, 4.69) is 15.1 Å². The van der Waals surface area contributed by atoms with E-state index in [1.54, 1.807) is 18.0 Å². The topological polar surface area (TPSA) is 43.1 Å². The van der Waals surface area contributed by atoms with Crippen molar-refractivity contribution in [1.82, 2.24) is 14.8 Å². The molecule has 5 heteroatoms. The molecular formula is C16H14N4S. The molecular weight excluding hydrogens is 280 g/mol. The van der Waals surface area contributed by atoms with Crippen LogP contribution in [0.25, 0.3) is 5.69 Å². The van der Waals surface area contributed by atoms with Gasteiger partial charge < -0.3 is 0 Å². The van der Waals surface area contributed by atoms with Gasteiger partial charge in [0.15, 0.2) is 5.16 Å². The van der Waals surface area contributed by atoms with Crippen LogP contribution in [0, 0.1) is 0 Å². The number of nitrogens with zero attached hydrogens (tertiary/aromatic N) is 4. The SMILES string of the molecule is CSc1nc(/N=C\c2ccccc2)nn1-c1ccccc1. The zero-order valence-electron chi connectivity index (χ0n) is 11.5. The molecule has 4 nitrogen and oxygen atoms in total. The molecule has 2 aromatic carbocycles. The second-order valence-electron chi connectivity index (χ2n) is 4.31. The van der Waals surface area contributed by atoms with Crippen molar-refractivity contribution in [1.29, 1.82) is 0 Å². The van der Waals surface area contributed by atoms with E-state index in [0.29, 0.717) is 5.95 Å². The molecule has 0 aliphatic rings. The maximum absolute atomic E-state index is 4.45. The summed E-state index contributed by atoms with van der Waals surface area (Å²) >= 11 is 1.55. The fourth-order valence-corrected chi connectivity index (χ4v) is 2.38. The summed E-state index contributed by atoms with van der Waals surface area (Å²) in [6.45, 7) is 0. The van der Waals surface area contributed by atoms with Crippen LogP contribution in [0.4, 0.5) is 5.95 Å². The number of thioether (sulfide) groups is 1. The lowest BCUT2D eigenvalue weighted by Gasteiger charge is -2.01. The third-order valence-corrected chi connectivity index (χ3v) is 3.51. The highest BCUT2D eigenvalue weighted by Crippen LogP contribution is 2.20. The fraction of sp³-hybridized carbons (Fsp3) is 0.0625. The van der Waals surface area contributed by atoms with Crippen molar-refractivity contribution in [3.8, 4) is 5.69 Å². The van der Waals surface area contributed by atoms with Crippen LogP contribution in [0.3, 0.4) is 0 Å². The molecule has 1 aromatic heterocycles. The van der Waals surface area contributed by atoms with Gasteiger partial charge in [0.1, 0.15) is 0 Å². The van der Waals surface area contributed by atoms with Gasteiger partial charge in [-0.2, -0.15) is 4.98 Å². The molecule has 0 atom stereocenters. The van der Waals surface area contributed by atoms with E-state index in [4.69, 9.17) is 0 Å². The summed E-state index contributed by atoms with van der Waals surface area (Å²) < 4.78 is 1.81. The maximum Gasteiger partial charge on any atom is 0.269 e. The fourth-order valence-electron chi connectivity index (χ4n) is 1.88. The van der Waals surface area contributed by atoms with Gasteiger partial charge >= 0.3 is 0 Å². The number of hydrogen-bond acceptors (Lipinski definition) is 4. The Hall–Kier alpha value is -2.40. The predicted octanol–water partition coefficient (Wildman–Crippen LogP) is 3.74. The molecule has 0 bridgehead atoms. The number of rotatable bonds is 4. The van der Waals surface area contributed by atoms with Crippen LogP contribution in [-0.4, -0.2) is 27.2 Å². The molecule has 3 rings (SSSR count). The second kappa shape index (κ2) is 6.37. The number of hydrogen-bond donors (Lipinski definition) is 0. The minimum Gasteiger partial charge on any atom is -0.218 e. The van der Waals surface area contributed by atoms with Crippen molar-refractivity contribution in [2.45, 2.75) is 5.16 Å². The highest BCUT2D eigenvalue weighted by molar-refractivity contribution is 7.98. The first-order valence-corrected chi connectivity index (χ1v) is 7.75. The number of aliphatic imine (C=N–C) groups is 1. The van der Waals surface area contributed by atoms with Gasteiger partial charge in [-0.1, -0.05) is 60.3 Å². The predicted molar refractivity (Wildman–Crippen MR) is 86.8 cm³/mol. The van der Waals surface area contributed by atoms with Crippen LogP contribution in [0.1, 0.15) is 5.56 Å². The highest BCUT2D eigenvalue weighted by Gasteiger charge is 2.09. The van der Waals surface area contributed by atoms with E-state index < -0.39 is 0 Å². The summed E-state index contributed by atoms with van der Waals surface area (Å²) in [5.74, 6) is 0.465. The standard InChI is InChI=1S/C16H14N4S/c1-21-16-18-15(17-12-13-8-4-2-5-9-13)19-20(16)14-10-6-3-7-11-14/h2-12H,1H3/b17-12-. The van der Waals surface area contributed by atoms with Crippen LogP contribution in [-0.2, 0) is 0 Å². The van der Waals surface area contributed by atoms with Crippen LogP contribution >= 0.6 is 11.8 Å². The van der Waals surface area contributed by atoms with Crippen LogP contribution < -0.4 is 0 Å². The zero-order valence-corrected chi connectivity index (χ0v) is 12.4. The minimum absolute atomic E-state index is 0.465. The van der Waals surface area contributed by atoms with Gasteiger partial charge in [0.05, 0.1) is 5.69 Å². The van der Waals surface area contributed by atoms with E-state index in [0.717, 1.165) is 16.4 Å². The average molecular weight is 294 g/mol. The number of para-hydroxylation sites is 1. The average Bonchev–Trinajstić information content (AvgIpc) is 2.98. The molecule has 0 amide bonds. The molecule has 0 aliphatic carbocycles. The van der Waals surface area contributed by atoms with Gasteiger partial charge in [-0.15, -0.1) is 5.10 Å². The normalized spacial score (nSPS) is 11.1. The van der Waals surface area contributed by atoms with Crippen LogP contribution in [0.15, 0.2) is 70.8 Å². The minimum atomic E-state index is 0.465. The first kappa shape index (κ1) is 13.6. The first-order chi connectivity index (χ1) is 10.4. The molecule has 0 spiro atoms. The van der Waals surface area contributed by atoms with Gasteiger partial charge in [0, 0.05) is 6.21 Å².